The molecule has 3 aromatic rings. The summed E-state index contributed by atoms with van der Waals surface area (Å²) < 4.78 is 49.5. The lowest BCUT2D eigenvalue weighted by Crippen LogP contribution is -2.15. The second-order valence-corrected chi connectivity index (χ2v) is 7.34. The van der Waals surface area contributed by atoms with E-state index in [2.05, 4.69) is 10.4 Å². The molecule has 7 nitrogen and oxygen atoms in total. The lowest BCUT2D eigenvalue weighted by Gasteiger charge is -2.10. The Morgan fingerprint density at radius 2 is 2.00 bits per heavy atom. The van der Waals surface area contributed by atoms with Gasteiger partial charge in [0.05, 0.1) is 18.2 Å². The first-order valence-electron chi connectivity index (χ1n) is 8.51. The first-order chi connectivity index (χ1) is 14.2. The highest BCUT2D eigenvalue weighted by Crippen LogP contribution is 2.31. The van der Waals surface area contributed by atoms with Crippen LogP contribution in [-0.2, 0) is 17.6 Å². The van der Waals surface area contributed by atoms with E-state index < -0.39 is 23.6 Å². The van der Waals surface area contributed by atoms with Crippen molar-refractivity contribution in [3.05, 3.63) is 64.3 Å². The van der Waals surface area contributed by atoms with Crippen molar-refractivity contribution < 1.29 is 32.2 Å². The number of hydrogen-bond acceptors (Lipinski definition) is 6. The highest BCUT2D eigenvalue weighted by molar-refractivity contribution is 7.16. The number of esters is 1. The minimum absolute atomic E-state index is 0.0168. The summed E-state index contributed by atoms with van der Waals surface area (Å²) in [6, 6.07) is 7.47. The number of halogens is 3. The minimum atomic E-state index is -4.47. The molecule has 2 aromatic heterocycles. The number of rotatable bonds is 6. The van der Waals surface area contributed by atoms with Gasteiger partial charge in [0.2, 0.25) is 0 Å². The zero-order valence-electron chi connectivity index (χ0n) is 15.8. The number of thiophene rings is 1. The van der Waals surface area contributed by atoms with Crippen LogP contribution in [0.2, 0.25) is 0 Å². The predicted octanol–water partition coefficient (Wildman–Crippen LogP) is 4.35. The highest BCUT2D eigenvalue weighted by atomic mass is 32.1. The molecule has 0 spiro atoms. The molecule has 0 atom stereocenters. The van der Waals surface area contributed by atoms with Crippen LogP contribution in [0, 0.1) is 6.92 Å². The predicted molar refractivity (Wildman–Crippen MR) is 103 cm³/mol. The Morgan fingerprint density at radius 1 is 1.23 bits per heavy atom. The first-order valence-corrected chi connectivity index (χ1v) is 9.32. The van der Waals surface area contributed by atoms with Gasteiger partial charge in [0.1, 0.15) is 10.8 Å². The number of nitrogens with zero attached hydrogens (tertiary/aromatic N) is 2. The van der Waals surface area contributed by atoms with E-state index in [0.29, 0.717) is 5.00 Å². The monoisotopic (exact) mass is 439 g/mol. The lowest BCUT2D eigenvalue weighted by atomic mass is 10.2. The van der Waals surface area contributed by atoms with Crippen LogP contribution in [0.3, 0.4) is 0 Å². The molecular formula is C19H16F3N3O4S. The van der Waals surface area contributed by atoms with E-state index in [1.807, 2.05) is 0 Å². The van der Waals surface area contributed by atoms with Crippen molar-refractivity contribution in [2.45, 2.75) is 19.8 Å². The van der Waals surface area contributed by atoms with E-state index in [4.69, 9.17) is 9.47 Å². The summed E-state index contributed by atoms with van der Waals surface area (Å²) in [5, 5.41) is 6.98. The third-order valence-corrected chi connectivity index (χ3v) is 4.85. The van der Waals surface area contributed by atoms with E-state index in [-0.39, 0.29) is 23.7 Å². The standard InChI is InChI=1S/C19H16F3N3O4S/c1-11-8-14(18(27)28-2)17(30-11)23-16(26)15-6-7-25(24-15)10-29-13-5-3-4-12(9-13)19(20,21)22/h3-9H,10H2,1-2H3,(H,23,26). The van der Waals surface area contributed by atoms with E-state index >= 15 is 0 Å². The van der Waals surface area contributed by atoms with Crippen LogP contribution in [-0.4, -0.2) is 28.8 Å². The van der Waals surface area contributed by atoms with Gasteiger partial charge in [-0.05, 0) is 37.3 Å². The summed E-state index contributed by atoms with van der Waals surface area (Å²) in [5.41, 5.74) is -0.543. The largest absolute Gasteiger partial charge is 0.471 e. The van der Waals surface area contributed by atoms with Crippen LogP contribution in [0.4, 0.5) is 18.2 Å². The maximum absolute atomic E-state index is 12.8. The van der Waals surface area contributed by atoms with Crippen LogP contribution in [0.1, 0.15) is 31.3 Å². The normalized spacial score (nSPS) is 11.2. The fourth-order valence-corrected chi connectivity index (χ4v) is 3.39. The number of aromatic nitrogens is 2. The first kappa shape index (κ1) is 21.4. The molecule has 3 rings (SSSR count). The van der Waals surface area contributed by atoms with Crippen molar-refractivity contribution in [3.8, 4) is 5.75 Å². The number of benzene rings is 1. The van der Waals surface area contributed by atoms with Crippen LogP contribution >= 0.6 is 11.3 Å². The molecule has 0 saturated heterocycles. The van der Waals surface area contributed by atoms with Gasteiger partial charge in [-0.25, -0.2) is 9.48 Å². The number of carbonyl (C=O) groups excluding carboxylic acids is 2. The number of hydrogen-bond donors (Lipinski definition) is 1. The van der Waals surface area contributed by atoms with Crippen molar-refractivity contribution in [1.82, 2.24) is 9.78 Å². The Labute approximate surface area is 173 Å². The van der Waals surface area contributed by atoms with Crippen LogP contribution in [0.5, 0.6) is 5.75 Å². The molecule has 0 saturated carbocycles. The summed E-state index contributed by atoms with van der Waals surface area (Å²) in [4.78, 5) is 25.0. The number of ether oxygens (including phenoxy) is 2. The van der Waals surface area contributed by atoms with Gasteiger partial charge in [0.15, 0.2) is 12.4 Å². The molecule has 158 valence electrons. The summed E-state index contributed by atoms with van der Waals surface area (Å²) in [5.74, 6) is -1.11. The van der Waals surface area contributed by atoms with Gasteiger partial charge in [0, 0.05) is 11.1 Å². The second kappa shape index (κ2) is 8.57. The van der Waals surface area contributed by atoms with Crippen molar-refractivity contribution in [3.63, 3.8) is 0 Å². The van der Waals surface area contributed by atoms with Gasteiger partial charge in [-0.3, -0.25) is 4.79 Å². The molecule has 0 aliphatic carbocycles. The topological polar surface area (TPSA) is 82.5 Å². The van der Waals surface area contributed by atoms with E-state index in [1.165, 1.54) is 47.5 Å². The third-order valence-electron chi connectivity index (χ3n) is 3.89. The van der Waals surface area contributed by atoms with E-state index in [0.717, 1.165) is 17.0 Å². The zero-order chi connectivity index (χ0) is 21.9. The zero-order valence-corrected chi connectivity index (χ0v) is 16.6. The average Bonchev–Trinajstić information content (AvgIpc) is 3.32. The number of aryl methyl sites for hydroxylation is 1. The fourth-order valence-electron chi connectivity index (χ4n) is 2.49. The Bertz CT molecular complexity index is 1080. The second-order valence-electron chi connectivity index (χ2n) is 6.09. The molecule has 1 aromatic carbocycles. The molecule has 0 bridgehead atoms. The molecule has 30 heavy (non-hydrogen) atoms. The molecule has 0 unspecified atom stereocenters. The molecule has 0 aliphatic rings. The van der Waals surface area contributed by atoms with Crippen molar-refractivity contribution in [2.75, 3.05) is 12.4 Å². The van der Waals surface area contributed by atoms with Gasteiger partial charge in [-0.1, -0.05) is 6.07 Å². The van der Waals surface area contributed by atoms with Gasteiger partial charge in [-0.15, -0.1) is 11.3 Å². The number of carbonyl (C=O) groups is 2. The number of methoxy groups -OCH3 is 1. The Hall–Kier alpha value is -3.34. The maximum Gasteiger partial charge on any atom is 0.416 e. The third kappa shape index (κ3) is 4.98. The average molecular weight is 439 g/mol. The van der Waals surface area contributed by atoms with E-state index in [9.17, 15) is 22.8 Å². The molecule has 0 aliphatic heterocycles. The Kier molecular flexibility index (Phi) is 6.11. The van der Waals surface area contributed by atoms with Crippen molar-refractivity contribution in [2.24, 2.45) is 0 Å². The fraction of sp³-hybridized carbons (Fsp3) is 0.211. The molecule has 0 radical (unpaired) electrons. The number of alkyl halides is 3. The van der Waals surface area contributed by atoms with E-state index in [1.54, 1.807) is 13.0 Å². The molecule has 2 heterocycles. The lowest BCUT2D eigenvalue weighted by molar-refractivity contribution is -0.137. The Balaban J connectivity index is 1.66. The number of nitrogens with one attached hydrogen (secondary N) is 1. The van der Waals surface area contributed by atoms with Gasteiger partial charge in [0.25, 0.3) is 5.91 Å². The number of amides is 1. The molecule has 1 N–H and O–H groups in total. The van der Waals surface area contributed by atoms with Gasteiger partial charge >= 0.3 is 12.1 Å². The van der Waals surface area contributed by atoms with Crippen LogP contribution < -0.4 is 10.1 Å². The summed E-state index contributed by atoms with van der Waals surface area (Å²) >= 11 is 1.21. The van der Waals surface area contributed by atoms with Gasteiger partial charge in [-0.2, -0.15) is 18.3 Å². The molecular weight excluding hydrogens is 423 g/mol. The van der Waals surface area contributed by atoms with Crippen molar-refractivity contribution >= 4 is 28.2 Å². The minimum Gasteiger partial charge on any atom is -0.471 e. The van der Waals surface area contributed by atoms with Gasteiger partial charge < -0.3 is 14.8 Å². The quantitative estimate of drug-likeness (QED) is 0.578. The van der Waals surface area contributed by atoms with Crippen molar-refractivity contribution in [1.29, 1.82) is 0 Å². The highest BCUT2D eigenvalue weighted by Gasteiger charge is 2.30. The molecule has 11 heteroatoms. The SMILES string of the molecule is COC(=O)c1cc(C)sc1NC(=O)c1ccn(COc2cccc(C(F)(F)F)c2)n1. The summed E-state index contributed by atoms with van der Waals surface area (Å²) in [6.45, 7) is 1.59. The summed E-state index contributed by atoms with van der Waals surface area (Å²) in [6.07, 6.45) is -3.02. The number of anilines is 1. The Morgan fingerprint density at radius 3 is 2.70 bits per heavy atom. The smallest absolute Gasteiger partial charge is 0.416 e. The molecule has 1 amide bonds. The van der Waals surface area contributed by atoms with Crippen LogP contribution in [0.15, 0.2) is 42.6 Å². The molecule has 0 fully saturated rings. The maximum atomic E-state index is 12.8. The van der Waals surface area contributed by atoms with Crippen LogP contribution in [0.25, 0.3) is 0 Å². The summed E-state index contributed by atoms with van der Waals surface area (Å²) in [7, 11) is 1.24.